The molecule has 1 aliphatic heterocycles. The first kappa shape index (κ1) is 11.2. The van der Waals surface area contributed by atoms with Gasteiger partial charge < -0.3 is 9.84 Å². The molecule has 0 spiro atoms. The van der Waals surface area contributed by atoms with E-state index in [0.29, 0.717) is 6.04 Å². The molecule has 1 atom stereocenters. The van der Waals surface area contributed by atoms with E-state index < -0.39 is 0 Å². The lowest BCUT2D eigenvalue weighted by atomic mass is 10.2. The maximum absolute atomic E-state index is 5.22. The molecule has 0 radical (unpaired) electrons. The molecule has 4 heteroatoms. The van der Waals surface area contributed by atoms with E-state index in [4.69, 9.17) is 4.52 Å². The van der Waals surface area contributed by atoms with E-state index in [9.17, 15) is 0 Å². The van der Waals surface area contributed by atoms with Gasteiger partial charge in [-0.1, -0.05) is 5.16 Å². The van der Waals surface area contributed by atoms with Crippen LogP contribution < -0.4 is 5.32 Å². The van der Waals surface area contributed by atoms with Crippen molar-refractivity contribution >= 4 is 0 Å². The van der Waals surface area contributed by atoms with E-state index in [2.05, 4.69) is 15.4 Å². The third-order valence-electron chi connectivity index (χ3n) is 3.72. The van der Waals surface area contributed by atoms with Crippen LogP contribution in [0.3, 0.4) is 0 Å². The summed E-state index contributed by atoms with van der Waals surface area (Å²) in [6.45, 7) is 4.47. The summed E-state index contributed by atoms with van der Waals surface area (Å²) in [7, 11) is 0. The lowest BCUT2D eigenvalue weighted by molar-refractivity contribution is 0.206. The highest BCUT2D eigenvalue weighted by molar-refractivity contribution is 4.94. The van der Waals surface area contributed by atoms with Crippen LogP contribution >= 0.6 is 0 Å². The fourth-order valence-corrected chi connectivity index (χ4v) is 2.64. The van der Waals surface area contributed by atoms with Crippen molar-refractivity contribution < 1.29 is 4.52 Å². The van der Waals surface area contributed by atoms with E-state index in [0.717, 1.165) is 24.8 Å². The van der Waals surface area contributed by atoms with Gasteiger partial charge in [0.05, 0.1) is 12.7 Å². The van der Waals surface area contributed by atoms with Gasteiger partial charge >= 0.3 is 0 Å². The van der Waals surface area contributed by atoms with Crippen molar-refractivity contribution in [2.45, 2.75) is 38.3 Å². The van der Waals surface area contributed by atoms with E-state index in [-0.39, 0.29) is 0 Å². The molecule has 1 saturated carbocycles. The van der Waals surface area contributed by atoms with E-state index >= 15 is 0 Å². The highest BCUT2D eigenvalue weighted by atomic mass is 16.5. The average Bonchev–Trinajstić information content (AvgIpc) is 2.82. The molecule has 1 unspecified atom stereocenters. The van der Waals surface area contributed by atoms with Crippen molar-refractivity contribution in [2.24, 2.45) is 5.92 Å². The van der Waals surface area contributed by atoms with Crippen LogP contribution in [0.5, 0.6) is 0 Å². The molecule has 2 heterocycles. The first-order chi connectivity index (χ1) is 8.40. The lowest BCUT2D eigenvalue weighted by Crippen LogP contribution is -2.38. The van der Waals surface area contributed by atoms with Crippen LogP contribution in [0.15, 0.2) is 16.8 Å². The Morgan fingerprint density at radius 3 is 2.94 bits per heavy atom. The van der Waals surface area contributed by atoms with Crippen LogP contribution in [-0.2, 0) is 6.54 Å². The molecule has 1 aromatic heterocycles. The van der Waals surface area contributed by atoms with E-state index in [1.165, 1.54) is 38.8 Å². The summed E-state index contributed by atoms with van der Waals surface area (Å²) in [6.07, 6.45) is 7.19. The molecular weight excluding hydrogens is 214 g/mol. The third-order valence-corrected chi connectivity index (χ3v) is 3.72. The number of rotatable bonds is 6. The Labute approximate surface area is 102 Å². The maximum atomic E-state index is 5.22. The zero-order chi connectivity index (χ0) is 11.5. The largest absolute Gasteiger partial charge is 0.360 e. The second kappa shape index (κ2) is 5.19. The topological polar surface area (TPSA) is 41.3 Å². The Morgan fingerprint density at radius 1 is 1.35 bits per heavy atom. The van der Waals surface area contributed by atoms with Crippen molar-refractivity contribution in [3.63, 3.8) is 0 Å². The first-order valence-corrected chi connectivity index (χ1v) is 6.75. The Kier molecular flexibility index (Phi) is 3.43. The van der Waals surface area contributed by atoms with Crippen molar-refractivity contribution in [1.82, 2.24) is 15.4 Å². The Hall–Kier alpha value is -0.870. The summed E-state index contributed by atoms with van der Waals surface area (Å²) in [5.41, 5.74) is 0. The molecule has 2 fully saturated rings. The molecule has 3 rings (SSSR count). The standard InChI is InChI=1S/C13H21N3O/c1-2-12(14-6-1)9-16(8-11-3-4-11)10-13-5-7-15-17-13/h5,7,11-12,14H,1-4,6,8-10H2. The van der Waals surface area contributed by atoms with Crippen LogP contribution in [0, 0.1) is 5.92 Å². The summed E-state index contributed by atoms with van der Waals surface area (Å²) in [5.74, 6) is 1.92. The first-order valence-electron chi connectivity index (χ1n) is 6.75. The number of nitrogens with zero attached hydrogens (tertiary/aromatic N) is 2. The fraction of sp³-hybridized carbons (Fsp3) is 0.769. The van der Waals surface area contributed by atoms with Gasteiger partial charge in [0.25, 0.3) is 0 Å². The average molecular weight is 235 g/mol. The van der Waals surface area contributed by atoms with Gasteiger partial charge in [-0.2, -0.15) is 0 Å². The van der Waals surface area contributed by atoms with Crippen LogP contribution in [0.4, 0.5) is 0 Å². The molecule has 1 N–H and O–H groups in total. The smallest absolute Gasteiger partial charge is 0.150 e. The summed E-state index contributed by atoms with van der Waals surface area (Å²) in [6, 6.07) is 2.65. The van der Waals surface area contributed by atoms with Crippen molar-refractivity contribution in [3.8, 4) is 0 Å². The lowest BCUT2D eigenvalue weighted by Gasteiger charge is -2.24. The molecule has 1 aromatic rings. The monoisotopic (exact) mass is 235 g/mol. The predicted octanol–water partition coefficient (Wildman–Crippen LogP) is 1.64. The highest BCUT2D eigenvalue weighted by Gasteiger charge is 2.26. The molecule has 0 aromatic carbocycles. The molecule has 0 amide bonds. The van der Waals surface area contributed by atoms with Crippen molar-refractivity contribution in [3.05, 3.63) is 18.0 Å². The number of hydrogen-bond donors (Lipinski definition) is 1. The second-order valence-electron chi connectivity index (χ2n) is 5.41. The number of hydrogen-bond acceptors (Lipinski definition) is 4. The minimum absolute atomic E-state index is 0.677. The Morgan fingerprint density at radius 2 is 2.29 bits per heavy atom. The zero-order valence-corrected chi connectivity index (χ0v) is 10.3. The summed E-state index contributed by atoms with van der Waals surface area (Å²) in [5, 5.41) is 7.36. The molecule has 0 bridgehead atoms. The zero-order valence-electron chi connectivity index (χ0n) is 10.3. The molecular formula is C13H21N3O. The summed E-state index contributed by atoms with van der Waals surface area (Å²) < 4.78 is 5.22. The van der Waals surface area contributed by atoms with Crippen molar-refractivity contribution in [2.75, 3.05) is 19.6 Å². The van der Waals surface area contributed by atoms with Gasteiger partial charge in [-0.25, -0.2) is 0 Å². The summed E-state index contributed by atoms with van der Waals surface area (Å²) >= 11 is 0. The fourth-order valence-electron chi connectivity index (χ4n) is 2.64. The van der Waals surface area contributed by atoms with Gasteiger partial charge in [0.1, 0.15) is 0 Å². The normalized spacial score (nSPS) is 24.6. The quantitative estimate of drug-likeness (QED) is 0.814. The van der Waals surface area contributed by atoms with Crippen LogP contribution in [0.1, 0.15) is 31.4 Å². The van der Waals surface area contributed by atoms with Crippen LogP contribution in [-0.4, -0.2) is 35.7 Å². The number of aromatic nitrogens is 1. The van der Waals surface area contributed by atoms with Gasteiger partial charge in [0.2, 0.25) is 0 Å². The predicted molar refractivity (Wildman–Crippen MR) is 65.5 cm³/mol. The minimum Gasteiger partial charge on any atom is -0.360 e. The summed E-state index contributed by atoms with van der Waals surface area (Å²) in [4.78, 5) is 2.53. The van der Waals surface area contributed by atoms with Crippen molar-refractivity contribution in [1.29, 1.82) is 0 Å². The molecule has 17 heavy (non-hydrogen) atoms. The highest BCUT2D eigenvalue weighted by Crippen LogP contribution is 2.30. The van der Waals surface area contributed by atoms with Crippen LogP contribution in [0.2, 0.25) is 0 Å². The van der Waals surface area contributed by atoms with E-state index in [1.54, 1.807) is 6.20 Å². The van der Waals surface area contributed by atoms with Crippen LogP contribution in [0.25, 0.3) is 0 Å². The van der Waals surface area contributed by atoms with Gasteiger partial charge in [-0.05, 0) is 38.1 Å². The molecule has 2 aliphatic rings. The molecule has 94 valence electrons. The van der Waals surface area contributed by atoms with Gasteiger partial charge in [-0.15, -0.1) is 0 Å². The van der Waals surface area contributed by atoms with Gasteiger partial charge in [0.15, 0.2) is 5.76 Å². The maximum Gasteiger partial charge on any atom is 0.150 e. The van der Waals surface area contributed by atoms with Gasteiger partial charge in [0, 0.05) is 25.2 Å². The minimum atomic E-state index is 0.677. The third kappa shape index (κ3) is 3.30. The second-order valence-corrected chi connectivity index (χ2v) is 5.41. The Bertz CT molecular complexity index is 328. The Balaban J connectivity index is 1.55. The van der Waals surface area contributed by atoms with E-state index in [1.807, 2.05) is 6.07 Å². The number of nitrogens with one attached hydrogen (secondary N) is 1. The molecule has 1 saturated heterocycles. The molecule has 4 nitrogen and oxygen atoms in total. The van der Waals surface area contributed by atoms with Gasteiger partial charge in [-0.3, -0.25) is 4.90 Å². The molecule has 1 aliphatic carbocycles. The SMILES string of the molecule is c1cc(CN(CC2CC2)CC2CCCN2)on1.